The number of hydrogen-bond acceptors (Lipinski definition) is 4. The lowest BCUT2D eigenvalue weighted by Crippen LogP contribution is -2.34. The summed E-state index contributed by atoms with van der Waals surface area (Å²) in [7, 11) is 0. The van der Waals surface area contributed by atoms with E-state index in [1.54, 1.807) is 0 Å². The molecule has 0 aromatic rings. The molecule has 0 aliphatic carbocycles. The maximum atomic E-state index is 10.5. The van der Waals surface area contributed by atoms with Gasteiger partial charge in [0.2, 0.25) is 11.8 Å². The molecule has 0 fully saturated rings. The molecule has 11 heavy (non-hydrogen) atoms. The van der Waals surface area contributed by atoms with Crippen LogP contribution in [0, 0.1) is 0 Å². The minimum absolute atomic E-state index is 0.299. The third-order valence-corrected chi connectivity index (χ3v) is 0.817. The van der Waals surface area contributed by atoms with Gasteiger partial charge in [-0.15, -0.1) is 0 Å². The number of aliphatic hydroxyl groups excluding tert-OH is 1. The van der Waals surface area contributed by atoms with Gasteiger partial charge < -0.3 is 21.3 Å². The Kier molecular flexibility index (Phi) is 4.16. The van der Waals surface area contributed by atoms with Crippen molar-refractivity contribution in [1.82, 2.24) is 5.32 Å². The van der Waals surface area contributed by atoms with E-state index in [0.717, 1.165) is 0 Å². The van der Waals surface area contributed by atoms with Gasteiger partial charge in [0.25, 0.3) is 0 Å². The summed E-state index contributed by atoms with van der Waals surface area (Å²) in [6, 6.07) is 0. The third kappa shape index (κ3) is 6.75. The van der Waals surface area contributed by atoms with E-state index in [2.05, 4.69) is 11.1 Å². The van der Waals surface area contributed by atoms with Crippen LogP contribution in [0.5, 0.6) is 0 Å². The molecule has 0 saturated heterocycles. The zero-order valence-corrected chi connectivity index (χ0v) is 5.78. The fraction of sp³-hybridized carbons (Fsp3) is 0.600. The highest BCUT2D eigenvalue weighted by Crippen LogP contribution is 1.77. The normalized spacial score (nSPS) is 9.73. The summed E-state index contributed by atoms with van der Waals surface area (Å²) in [5.74, 6) is -1.37. The zero-order chi connectivity index (χ0) is 8.85. The van der Waals surface area contributed by atoms with Gasteiger partial charge >= 0.3 is 0 Å². The minimum Gasteiger partial charge on any atom is -0.369 e. The average molecular weight is 162 g/mol. The summed E-state index contributed by atoms with van der Waals surface area (Å²) >= 11 is 0. The van der Waals surface area contributed by atoms with Crippen molar-refractivity contribution in [3.8, 4) is 0 Å². The van der Waals surface area contributed by atoms with Gasteiger partial charge in [-0.2, -0.15) is 0 Å². The molecule has 2 amide bonds. The van der Waals surface area contributed by atoms with Crippen LogP contribution in [0.15, 0.2) is 0 Å². The molecule has 0 aliphatic rings. The standard InChI is InChI=1S/C5H10N2O4/c6-3(8)1-4(9)7-2-5(10)11/h5,10-11H,1-2H2,(H2,6,8)(H,7,9). The van der Waals surface area contributed by atoms with Crippen LogP contribution in [0.2, 0.25) is 0 Å². The van der Waals surface area contributed by atoms with Crippen molar-refractivity contribution in [3.63, 3.8) is 0 Å². The van der Waals surface area contributed by atoms with E-state index in [0.29, 0.717) is 0 Å². The average Bonchev–Trinajstić information content (AvgIpc) is 1.82. The van der Waals surface area contributed by atoms with E-state index >= 15 is 0 Å². The maximum absolute atomic E-state index is 10.5. The lowest BCUT2D eigenvalue weighted by atomic mass is 10.4. The summed E-state index contributed by atoms with van der Waals surface area (Å²) in [4.78, 5) is 20.6. The highest BCUT2D eigenvalue weighted by Gasteiger charge is 2.05. The van der Waals surface area contributed by atoms with Gasteiger partial charge in [0.15, 0.2) is 6.29 Å². The zero-order valence-electron chi connectivity index (χ0n) is 5.78. The Morgan fingerprint density at radius 1 is 1.45 bits per heavy atom. The molecule has 5 N–H and O–H groups in total. The summed E-state index contributed by atoms with van der Waals surface area (Å²) in [6.07, 6.45) is -2.04. The van der Waals surface area contributed by atoms with Crippen LogP contribution in [-0.4, -0.2) is 34.9 Å². The lowest BCUT2D eigenvalue weighted by molar-refractivity contribution is -0.129. The number of hydrogen-bond donors (Lipinski definition) is 4. The van der Waals surface area contributed by atoms with E-state index in [4.69, 9.17) is 10.2 Å². The van der Waals surface area contributed by atoms with Crippen molar-refractivity contribution in [3.05, 3.63) is 0 Å². The second-order valence-electron chi connectivity index (χ2n) is 1.93. The molecule has 0 unspecified atom stereocenters. The molecule has 0 radical (unpaired) electrons. The number of carbonyl (C=O) groups is 2. The molecule has 0 atom stereocenters. The summed E-state index contributed by atoms with van der Waals surface area (Å²) in [5, 5.41) is 18.6. The fourth-order valence-electron chi connectivity index (χ4n) is 0.426. The van der Waals surface area contributed by atoms with Crippen LogP contribution in [0.4, 0.5) is 0 Å². The smallest absolute Gasteiger partial charge is 0.229 e. The Morgan fingerprint density at radius 2 is 2.00 bits per heavy atom. The van der Waals surface area contributed by atoms with E-state index in [9.17, 15) is 9.59 Å². The van der Waals surface area contributed by atoms with Crippen molar-refractivity contribution in [1.29, 1.82) is 0 Å². The Morgan fingerprint density at radius 3 is 2.36 bits per heavy atom. The minimum atomic E-state index is -1.60. The predicted octanol–water partition coefficient (Wildman–Crippen LogP) is -2.71. The van der Waals surface area contributed by atoms with Crippen molar-refractivity contribution in [2.45, 2.75) is 12.7 Å². The first-order valence-corrected chi connectivity index (χ1v) is 2.93. The monoisotopic (exact) mass is 162 g/mol. The van der Waals surface area contributed by atoms with Crippen LogP contribution in [0.3, 0.4) is 0 Å². The number of primary amides is 1. The summed E-state index contributed by atoms with van der Waals surface area (Å²) in [5.41, 5.74) is 4.67. The number of nitrogens with two attached hydrogens (primary N) is 1. The molecule has 0 rings (SSSR count). The molecule has 6 heteroatoms. The van der Waals surface area contributed by atoms with Gasteiger partial charge in [0, 0.05) is 0 Å². The highest BCUT2D eigenvalue weighted by molar-refractivity contribution is 5.95. The molecule has 0 aromatic carbocycles. The van der Waals surface area contributed by atoms with Crippen molar-refractivity contribution >= 4 is 11.8 Å². The van der Waals surface area contributed by atoms with Gasteiger partial charge in [-0.25, -0.2) is 0 Å². The van der Waals surface area contributed by atoms with Gasteiger partial charge in [0.1, 0.15) is 6.42 Å². The van der Waals surface area contributed by atoms with Crippen LogP contribution >= 0.6 is 0 Å². The van der Waals surface area contributed by atoms with Gasteiger partial charge in [-0.05, 0) is 0 Å². The quantitative estimate of drug-likeness (QED) is 0.266. The Labute approximate surface area is 63.0 Å². The van der Waals surface area contributed by atoms with Crippen LogP contribution < -0.4 is 11.1 Å². The molecular formula is C5H10N2O4. The van der Waals surface area contributed by atoms with Crippen LogP contribution in [-0.2, 0) is 9.59 Å². The molecule has 6 nitrogen and oxygen atoms in total. The first-order chi connectivity index (χ1) is 5.02. The largest absolute Gasteiger partial charge is 0.369 e. The molecule has 64 valence electrons. The van der Waals surface area contributed by atoms with E-state index in [1.165, 1.54) is 0 Å². The second kappa shape index (κ2) is 4.64. The first kappa shape index (κ1) is 9.86. The van der Waals surface area contributed by atoms with E-state index < -0.39 is 24.5 Å². The van der Waals surface area contributed by atoms with E-state index in [1.807, 2.05) is 0 Å². The maximum Gasteiger partial charge on any atom is 0.229 e. The second-order valence-corrected chi connectivity index (χ2v) is 1.93. The molecule has 0 saturated carbocycles. The van der Waals surface area contributed by atoms with Crippen LogP contribution in [0.25, 0.3) is 0 Å². The third-order valence-electron chi connectivity index (χ3n) is 0.817. The van der Waals surface area contributed by atoms with Crippen molar-refractivity contribution < 1.29 is 19.8 Å². The number of aliphatic hydroxyl groups is 2. The fourth-order valence-corrected chi connectivity index (χ4v) is 0.426. The Hall–Kier alpha value is -1.14. The Bertz CT molecular complexity index is 157. The molecular weight excluding hydrogens is 152 g/mol. The van der Waals surface area contributed by atoms with E-state index in [-0.39, 0.29) is 6.54 Å². The summed E-state index contributed by atoms with van der Waals surface area (Å²) in [6.45, 7) is -0.299. The van der Waals surface area contributed by atoms with Gasteiger partial charge in [-0.1, -0.05) is 0 Å². The molecule has 0 aromatic heterocycles. The SMILES string of the molecule is NC(=O)CC(=O)NCC(O)O. The lowest BCUT2D eigenvalue weighted by Gasteiger charge is -2.03. The van der Waals surface area contributed by atoms with Gasteiger partial charge in [-0.3, -0.25) is 9.59 Å². The number of nitrogens with one attached hydrogen (secondary N) is 1. The molecule has 0 aliphatic heterocycles. The van der Waals surface area contributed by atoms with Gasteiger partial charge in [0.05, 0.1) is 6.54 Å². The molecule has 0 bridgehead atoms. The number of carbonyl (C=O) groups excluding carboxylic acids is 2. The predicted molar refractivity (Wildman–Crippen MR) is 35.0 cm³/mol. The Balaban J connectivity index is 3.46. The molecule has 0 heterocycles. The topological polar surface area (TPSA) is 113 Å². The van der Waals surface area contributed by atoms with Crippen molar-refractivity contribution in [2.75, 3.05) is 6.54 Å². The number of rotatable bonds is 4. The molecule has 0 spiro atoms. The van der Waals surface area contributed by atoms with Crippen molar-refractivity contribution in [2.24, 2.45) is 5.73 Å². The van der Waals surface area contributed by atoms with Crippen LogP contribution in [0.1, 0.15) is 6.42 Å². The summed E-state index contributed by atoms with van der Waals surface area (Å²) < 4.78 is 0. The number of amides is 2. The highest BCUT2D eigenvalue weighted by atomic mass is 16.5. The first-order valence-electron chi connectivity index (χ1n) is 2.93.